The maximum absolute atomic E-state index is 11.9. The van der Waals surface area contributed by atoms with Gasteiger partial charge in [0.05, 0.1) is 5.52 Å². The third-order valence-electron chi connectivity index (χ3n) is 3.52. The maximum Gasteiger partial charge on any atom is 0.410 e. The highest BCUT2D eigenvalue weighted by atomic mass is 127. The van der Waals surface area contributed by atoms with Crippen molar-refractivity contribution in [1.82, 2.24) is 19.9 Å². The maximum atomic E-state index is 11.9. The molecule has 118 valence electrons. The zero-order valence-electron chi connectivity index (χ0n) is 12.9. The van der Waals surface area contributed by atoms with Gasteiger partial charge in [0.15, 0.2) is 0 Å². The lowest BCUT2D eigenvalue weighted by Gasteiger charge is -2.39. The fraction of sp³-hybridized carbons (Fsp3) is 0.533. The molecule has 3 rings (SSSR count). The summed E-state index contributed by atoms with van der Waals surface area (Å²) >= 11 is 2.27. The van der Waals surface area contributed by atoms with Gasteiger partial charge in [-0.3, -0.25) is 0 Å². The Kier molecular flexibility index (Phi) is 4.00. The average molecular weight is 414 g/mol. The van der Waals surface area contributed by atoms with Crippen molar-refractivity contribution >= 4 is 39.7 Å². The predicted molar refractivity (Wildman–Crippen MR) is 91.5 cm³/mol. The van der Waals surface area contributed by atoms with E-state index in [-0.39, 0.29) is 6.09 Å². The number of ether oxygens (including phenoxy) is 1. The van der Waals surface area contributed by atoms with Crippen molar-refractivity contribution in [3.05, 3.63) is 21.8 Å². The number of carbonyl (C=O) groups excluding carboxylic acids is 1. The molecular formula is C15H19IN4O2. The van der Waals surface area contributed by atoms with E-state index >= 15 is 0 Å². The molecule has 0 atom stereocenters. The van der Waals surface area contributed by atoms with Gasteiger partial charge in [-0.25, -0.2) is 9.48 Å². The molecule has 0 spiro atoms. The monoisotopic (exact) mass is 414 g/mol. The molecule has 0 saturated carbocycles. The van der Waals surface area contributed by atoms with Gasteiger partial charge in [0, 0.05) is 29.1 Å². The van der Waals surface area contributed by atoms with Crippen LogP contribution in [0.2, 0.25) is 0 Å². The Morgan fingerprint density at radius 2 is 2.14 bits per heavy atom. The third kappa shape index (κ3) is 3.34. The minimum atomic E-state index is -0.443. The van der Waals surface area contributed by atoms with Gasteiger partial charge in [-0.15, -0.1) is 5.10 Å². The van der Waals surface area contributed by atoms with Crippen LogP contribution in [-0.2, 0) is 11.3 Å². The van der Waals surface area contributed by atoms with Gasteiger partial charge in [-0.05, 0) is 61.6 Å². The SMILES string of the molecule is CC(C)(C)OC(=O)N1CC(Cn2nnc3cc(I)ccc32)C1. The number of aromatic nitrogens is 3. The summed E-state index contributed by atoms with van der Waals surface area (Å²) in [6, 6.07) is 6.12. The van der Waals surface area contributed by atoms with Crippen molar-refractivity contribution in [2.75, 3.05) is 13.1 Å². The minimum Gasteiger partial charge on any atom is -0.444 e. The van der Waals surface area contributed by atoms with Crippen molar-refractivity contribution < 1.29 is 9.53 Å². The van der Waals surface area contributed by atoms with Crippen molar-refractivity contribution in [1.29, 1.82) is 0 Å². The van der Waals surface area contributed by atoms with Gasteiger partial charge in [0.25, 0.3) is 0 Å². The summed E-state index contributed by atoms with van der Waals surface area (Å²) in [5, 5.41) is 8.41. The van der Waals surface area contributed by atoms with Crippen molar-refractivity contribution in [2.24, 2.45) is 5.92 Å². The summed E-state index contributed by atoms with van der Waals surface area (Å²) in [4.78, 5) is 13.6. The molecule has 2 aromatic rings. The first-order chi connectivity index (χ1) is 10.3. The molecule has 7 heteroatoms. The molecule has 0 radical (unpaired) electrons. The Labute approximate surface area is 142 Å². The second-order valence-electron chi connectivity index (χ2n) is 6.66. The average Bonchev–Trinajstić information content (AvgIpc) is 2.73. The highest BCUT2D eigenvalue weighted by Crippen LogP contribution is 2.22. The van der Waals surface area contributed by atoms with Gasteiger partial charge in [0.1, 0.15) is 11.1 Å². The van der Waals surface area contributed by atoms with Crippen LogP contribution in [0, 0.1) is 9.49 Å². The molecule has 2 heterocycles. The number of fused-ring (bicyclic) bond motifs is 1. The molecule has 0 N–H and O–H groups in total. The quantitative estimate of drug-likeness (QED) is 0.710. The second kappa shape index (κ2) is 5.68. The Bertz CT molecular complexity index is 701. The van der Waals surface area contributed by atoms with Gasteiger partial charge in [-0.1, -0.05) is 5.21 Å². The van der Waals surface area contributed by atoms with E-state index in [4.69, 9.17) is 4.74 Å². The van der Waals surface area contributed by atoms with Crippen LogP contribution in [-0.4, -0.2) is 44.7 Å². The van der Waals surface area contributed by atoms with Crippen molar-refractivity contribution in [2.45, 2.75) is 32.9 Å². The highest BCUT2D eigenvalue weighted by Gasteiger charge is 2.34. The molecule has 22 heavy (non-hydrogen) atoms. The normalized spacial score (nSPS) is 15.9. The third-order valence-corrected chi connectivity index (χ3v) is 4.19. The van der Waals surface area contributed by atoms with Gasteiger partial charge in [-0.2, -0.15) is 0 Å². The van der Waals surface area contributed by atoms with Crippen LogP contribution in [0.4, 0.5) is 4.79 Å². The van der Waals surface area contributed by atoms with E-state index in [9.17, 15) is 4.79 Å². The summed E-state index contributed by atoms with van der Waals surface area (Å²) in [6.07, 6.45) is -0.234. The highest BCUT2D eigenvalue weighted by molar-refractivity contribution is 14.1. The number of carbonyl (C=O) groups is 1. The van der Waals surface area contributed by atoms with E-state index in [2.05, 4.69) is 39.0 Å². The minimum absolute atomic E-state index is 0.234. The van der Waals surface area contributed by atoms with Crippen LogP contribution in [0.3, 0.4) is 0 Å². The molecule has 1 aliphatic heterocycles. The Morgan fingerprint density at radius 1 is 1.41 bits per heavy atom. The van der Waals surface area contributed by atoms with E-state index < -0.39 is 5.60 Å². The molecule has 1 aliphatic rings. The Morgan fingerprint density at radius 3 is 2.82 bits per heavy atom. The van der Waals surface area contributed by atoms with Crippen molar-refractivity contribution in [3.8, 4) is 0 Å². The number of nitrogens with zero attached hydrogens (tertiary/aromatic N) is 4. The van der Waals surface area contributed by atoms with E-state index in [1.165, 1.54) is 0 Å². The number of amides is 1. The van der Waals surface area contributed by atoms with E-state index in [0.29, 0.717) is 19.0 Å². The standard InChI is InChI=1S/C15H19IN4O2/c1-15(2,3)22-14(21)19-7-10(8-19)9-20-13-5-4-11(16)6-12(13)17-18-20/h4-6,10H,7-9H2,1-3H3. The second-order valence-corrected chi connectivity index (χ2v) is 7.90. The molecule has 1 aromatic heterocycles. The summed E-state index contributed by atoms with van der Waals surface area (Å²) in [6.45, 7) is 7.83. The Hall–Kier alpha value is -1.38. The zero-order chi connectivity index (χ0) is 15.9. The van der Waals surface area contributed by atoms with Crippen LogP contribution >= 0.6 is 22.6 Å². The molecule has 1 aromatic carbocycles. The molecule has 1 amide bonds. The lowest BCUT2D eigenvalue weighted by atomic mass is 10.0. The van der Waals surface area contributed by atoms with Gasteiger partial charge in [0.2, 0.25) is 0 Å². The molecular weight excluding hydrogens is 395 g/mol. The molecule has 0 bridgehead atoms. The summed E-state index contributed by atoms with van der Waals surface area (Å²) in [5.41, 5.74) is 1.51. The number of likely N-dealkylation sites (tertiary alicyclic amines) is 1. The van der Waals surface area contributed by atoms with E-state index in [0.717, 1.165) is 21.1 Å². The van der Waals surface area contributed by atoms with Crippen LogP contribution in [0.15, 0.2) is 18.2 Å². The number of rotatable bonds is 2. The number of benzene rings is 1. The first kappa shape index (κ1) is 15.5. The molecule has 0 unspecified atom stereocenters. The van der Waals surface area contributed by atoms with Crippen LogP contribution in [0.5, 0.6) is 0 Å². The number of halogens is 1. The van der Waals surface area contributed by atoms with Crippen molar-refractivity contribution in [3.63, 3.8) is 0 Å². The van der Waals surface area contributed by atoms with E-state index in [1.807, 2.05) is 37.6 Å². The molecule has 0 aliphatic carbocycles. The first-order valence-corrected chi connectivity index (χ1v) is 8.36. The fourth-order valence-corrected chi connectivity index (χ4v) is 2.96. The van der Waals surface area contributed by atoms with Crippen LogP contribution in [0.25, 0.3) is 11.0 Å². The largest absolute Gasteiger partial charge is 0.444 e. The summed E-state index contributed by atoms with van der Waals surface area (Å²) in [5.74, 6) is 0.400. The number of hydrogen-bond acceptors (Lipinski definition) is 4. The van der Waals surface area contributed by atoms with Gasteiger partial charge < -0.3 is 9.64 Å². The topological polar surface area (TPSA) is 60.2 Å². The predicted octanol–water partition coefficient (Wildman–Crippen LogP) is 2.90. The van der Waals surface area contributed by atoms with Crippen LogP contribution < -0.4 is 0 Å². The lowest BCUT2D eigenvalue weighted by Crippen LogP contribution is -2.52. The summed E-state index contributed by atoms with van der Waals surface area (Å²) in [7, 11) is 0. The van der Waals surface area contributed by atoms with E-state index in [1.54, 1.807) is 4.90 Å². The number of hydrogen-bond donors (Lipinski definition) is 0. The summed E-state index contributed by atoms with van der Waals surface area (Å²) < 4.78 is 8.43. The Balaban J connectivity index is 1.59. The fourth-order valence-electron chi connectivity index (χ4n) is 2.49. The molecule has 1 fully saturated rings. The smallest absolute Gasteiger partial charge is 0.410 e. The van der Waals surface area contributed by atoms with Gasteiger partial charge >= 0.3 is 6.09 Å². The zero-order valence-corrected chi connectivity index (χ0v) is 15.1. The van der Waals surface area contributed by atoms with Crippen LogP contribution in [0.1, 0.15) is 20.8 Å². The molecule has 1 saturated heterocycles. The lowest BCUT2D eigenvalue weighted by molar-refractivity contribution is -0.00371. The molecule has 6 nitrogen and oxygen atoms in total. The first-order valence-electron chi connectivity index (χ1n) is 7.28.